The van der Waals surface area contributed by atoms with Crippen LogP contribution >= 0.6 is 15.9 Å². The van der Waals surface area contributed by atoms with E-state index in [1.54, 1.807) is 12.1 Å². The molecule has 3 rings (SSSR count). The molecule has 0 N–H and O–H groups in total. The predicted molar refractivity (Wildman–Crippen MR) is 92.8 cm³/mol. The van der Waals surface area contributed by atoms with Crippen molar-refractivity contribution in [1.82, 2.24) is 4.90 Å². The minimum atomic E-state index is -0.584. The second kappa shape index (κ2) is 7.99. The standard InChI is InChI=1S/C18H20BrNO5/c19-12-5-7-13(8-6-12)24-9-10-25-16(21)11-20-17(22)14-3-1-2-4-15(14)18(20)23/h5-8,14-15H,1-4,9-11H2/t14-,15-/m0/s1. The van der Waals surface area contributed by atoms with Crippen LogP contribution in [0, 0.1) is 11.8 Å². The van der Waals surface area contributed by atoms with Crippen LogP contribution in [0.25, 0.3) is 0 Å². The van der Waals surface area contributed by atoms with Crippen LogP contribution < -0.4 is 4.74 Å². The van der Waals surface area contributed by atoms with E-state index in [2.05, 4.69) is 15.9 Å². The number of esters is 1. The first kappa shape index (κ1) is 17.9. The highest BCUT2D eigenvalue weighted by Crippen LogP contribution is 2.37. The molecule has 2 atom stereocenters. The number of ether oxygens (including phenoxy) is 2. The molecule has 6 nitrogen and oxygen atoms in total. The minimum absolute atomic E-state index is 0.0674. The maximum absolute atomic E-state index is 12.3. The number of hydrogen-bond donors (Lipinski definition) is 0. The monoisotopic (exact) mass is 409 g/mol. The number of nitrogens with zero attached hydrogens (tertiary/aromatic N) is 1. The summed E-state index contributed by atoms with van der Waals surface area (Å²) in [6.07, 6.45) is 3.40. The highest BCUT2D eigenvalue weighted by atomic mass is 79.9. The van der Waals surface area contributed by atoms with E-state index in [-0.39, 0.29) is 43.4 Å². The third kappa shape index (κ3) is 4.21. The van der Waals surface area contributed by atoms with Crippen LogP contribution in [0.5, 0.6) is 5.75 Å². The van der Waals surface area contributed by atoms with Crippen molar-refractivity contribution >= 4 is 33.7 Å². The van der Waals surface area contributed by atoms with Crippen LogP contribution in [-0.2, 0) is 19.1 Å². The molecule has 0 unspecified atom stereocenters. The lowest BCUT2D eigenvalue weighted by molar-refractivity contribution is -0.153. The Bertz CT molecular complexity index is 636. The summed E-state index contributed by atoms with van der Waals surface area (Å²) in [6, 6.07) is 7.31. The summed E-state index contributed by atoms with van der Waals surface area (Å²) in [7, 11) is 0. The number of imide groups is 1. The Morgan fingerprint density at radius 2 is 1.64 bits per heavy atom. The van der Waals surface area contributed by atoms with Crippen molar-refractivity contribution in [1.29, 1.82) is 0 Å². The van der Waals surface area contributed by atoms with Crippen LogP contribution in [-0.4, -0.2) is 42.4 Å². The maximum Gasteiger partial charge on any atom is 0.326 e. The van der Waals surface area contributed by atoms with Crippen molar-refractivity contribution in [2.75, 3.05) is 19.8 Å². The molecule has 2 amide bonds. The number of likely N-dealkylation sites (tertiary alicyclic amines) is 1. The Balaban J connectivity index is 1.42. The van der Waals surface area contributed by atoms with Gasteiger partial charge in [-0.1, -0.05) is 28.8 Å². The summed E-state index contributed by atoms with van der Waals surface area (Å²) in [5.41, 5.74) is 0. The molecule has 0 spiro atoms. The number of fused-ring (bicyclic) bond motifs is 1. The average molecular weight is 410 g/mol. The first-order chi connectivity index (χ1) is 12.1. The fourth-order valence-corrected chi connectivity index (χ4v) is 3.67. The van der Waals surface area contributed by atoms with Gasteiger partial charge in [0.15, 0.2) is 0 Å². The van der Waals surface area contributed by atoms with Gasteiger partial charge in [-0.05, 0) is 37.1 Å². The Labute approximate surface area is 154 Å². The van der Waals surface area contributed by atoms with Crippen LogP contribution in [0.4, 0.5) is 0 Å². The third-order valence-corrected chi connectivity index (χ3v) is 5.18. The van der Waals surface area contributed by atoms with Crippen molar-refractivity contribution in [2.24, 2.45) is 11.8 Å². The highest BCUT2D eigenvalue weighted by Gasteiger charge is 2.48. The zero-order valence-electron chi connectivity index (χ0n) is 13.8. The van der Waals surface area contributed by atoms with Gasteiger partial charge in [-0.15, -0.1) is 0 Å². The molecule has 0 aromatic heterocycles. The van der Waals surface area contributed by atoms with Crippen molar-refractivity contribution in [3.05, 3.63) is 28.7 Å². The number of hydrogen-bond acceptors (Lipinski definition) is 5. The van der Waals surface area contributed by atoms with E-state index in [9.17, 15) is 14.4 Å². The van der Waals surface area contributed by atoms with Gasteiger partial charge in [-0.25, -0.2) is 0 Å². The molecule has 2 fully saturated rings. The first-order valence-electron chi connectivity index (χ1n) is 8.45. The topological polar surface area (TPSA) is 72.9 Å². The Kier molecular flexibility index (Phi) is 5.73. The number of rotatable bonds is 6. The van der Waals surface area contributed by atoms with Gasteiger partial charge in [-0.3, -0.25) is 19.3 Å². The highest BCUT2D eigenvalue weighted by molar-refractivity contribution is 9.10. The molecular formula is C18H20BrNO5. The molecule has 134 valence electrons. The molecule has 1 aliphatic carbocycles. The van der Waals surface area contributed by atoms with E-state index in [1.807, 2.05) is 12.1 Å². The summed E-state index contributed by atoms with van der Waals surface area (Å²) in [6.45, 7) is -0.0263. The summed E-state index contributed by atoms with van der Waals surface area (Å²) in [5, 5.41) is 0. The molecule has 1 aliphatic heterocycles. The lowest BCUT2D eigenvalue weighted by atomic mass is 9.81. The molecule has 0 radical (unpaired) electrons. The number of amides is 2. The molecule has 1 aromatic carbocycles. The van der Waals surface area contributed by atoms with Crippen molar-refractivity contribution in [3.63, 3.8) is 0 Å². The van der Waals surface area contributed by atoms with Crippen LogP contribution in [0.15, 0.2) is 28.7 Å². The quantitative estimate of drug-likeness (QED) is 0.410. The van der Waals surface area contributed by atoms with Crippen LogP contribution in [0.2, 0.25) is 0 Å². The summed E-state index contributed by atoms with van der Waals surface area (Å²) < 4.78 is 11.5. The molecule has 2 aliphatic rings. The van der Waals surface area contributed by atoms with Gasteiger partial charge >= 0.3 is 5.97 Å². The van der Waals surface area contributed by atoms with Gasteiger partial charge in [0.05, 0.1) is 11.8 Å². The SMILES string of the molecule is O=C(CN1C(=O)[C@H]2CCCC[C@@H]2C1=O)OCCOc1ccc(Br)cc1. The Hall–Kier alpha value is -1.89. The van der Waals surface area contributed by atoms with E-state index in [0.717, 1.165) is 35.1 Å². The lowest BCUT2D eigenvalue weighted by Crippen LogP contribution is -2.37. The second-order valence-corrected chi connectivity index (χ2v) is 7.20. The van der Waals surface area contributed by atoms with Gasteiger partial charge in [0, 0.05) is 4.47 Å². The van der Waals surface area contributed by atoms with Gasteiger partial charge < -0.3 is 9.47 Å². The van der Waals surface area contributed by atoms with Crippen molar-refractivity contribution in [2.45, 2.75) is 25.7 Å². The van der Waals surface area contributed by atoms with Crippen molar-refractivity contribution in [3.8, 4) is 5.75 Å². The normalized spacial score (nSPS) is 22.7. The molecule has 1 saturated carbocycles. The fourth-order valence-electron chi connectivity index (χ4n) is 3.41. The first-order valence-corrected chi connectivity index (χ1v) is 9.25. The van der Waals surface area contributed by atoms with Gasteiger partial charge in [0.25, 0.3) is 0 Å². The van der Waals surface area contributed by atoms with Gasteiger partial charge in [-0.2, -0.15) is 0 Å². The molecule has 1 heterocycles. The van der Waals surface area contributed by atoms with E-state index >= 15 is 0 Å². The fraction of sp³-hybridized carbons (Fsp3) is 0.500. The summed E-state index contributed by atoms with van der Waals surface area (Å²) >= 11 is 3.34. The van der Waals surface area contributed by atoms with E-state index < -0.39 is 5.97 Å². The average Bonchev–Trinajstić information content (AvgIpc) is 2.86. The van der Waals surface area contributed by atoms with E-state index in [0.29, 0.717) is 5.75 Å². The zero-order chi connectivity index (χ0) is 17.8. The molecule has 25 heavy (non-hydrogen) atoms. The number of halogens is 1. The Morgan fingerprint density at radius 3 is 2.24 bits per heavy atom. The molecule has 7 heteroatoms. The largest absolute Gasteiger partial charge is 0.490 e. The molecule has 1 saturated heterocycles. The van der Waals surface area contributed by atoms with E-state index in [4.69, 9.17) is 9.47 Å². The number of carbonyl (C=O) groups is 3. The number of carbonyl (C=O) groups excluding carboxylic acids is 3. The Morgan fingerprint density at radius 1 is 1.04 bits per heavy atom. The lowest BCUT2D eigenvalue weighted by Gasteiger charge is -2.19. The molecular weight excluding hydrogens is 390 g/mol. The third-order valence-electron chi connectivity index (χ3n) is 4.65. The van der Waals surface area contributed by atoms with Gasteiger partial charge in [0.2, 0.25) is 11.8 Å². The van der Waals surface area contributed by atoms with Crippen LogP contribution in [0.1, 0.15) is 25.7 Å². The summed E-state index contributed by atoms with van der Waals surface area (Å²) in [4.78, 5) is 37.6. The smallest absolute Gasteiger partial charge is 0.326 e. The minimum Gasteiger partial charge on any atom is -0.490 e. The number of benzene rings is 1. The summed E-state index contributed by atoms with van der Waals surface area (Å²) in [5.74, 6) is -0.840. The molecule has 0 bridgehead atoms. The van der Waals surface area contributed by atoms with Crippen LogP contribution in [0.3, 0.4) is 0 Å². The second-order valence-electron chi connectivity index (χ2n) is 6.28. The van der Waals surface area contributed by atoms with E-state index in [1.165, 1.54) is 0 Å². The zero-order valence-corrected chi connectivity index (χ0v) is 15.4. The predicted octanol–water partition coefficient (Wildman–Crippen LogP) is 2.55. The maximum atomic E-state index is 12.3. The van der Waals surface area contributed by atoms with Crippen molar-refractivity contribution < 1.29 is 23.9 Å². The molecule has 1 aromatic rings. The van der Waals surface area contributed by atoms with Gasteiger partial charge in [0.1, 0.15) is 25.5 Å².